The number of hydrogen-bond donors (Lipinski definition) is 0. The van der Waals surface area contributed by atoms with E-state index in [1.165, 1.54) is 40.7 Å². The first-order valence-electron chi connectivity index (χ1n) is 9.39. The second-order valence-corrected chi connectivity index (χ2v) is 8.35. The molecule has 136 valence electrons. The molecule has 3 aromatic rings. The highest BCUT2D eigenvalue weighted by molar-refractivity contribution is 7.19. The van der Waals surface area contributed by atoms with Crippen LogP contribution in [-0.4, -0.2) is 45.5 Å². The van der Waals surface area contributed by atoms with Crippen LogP contribution in [0.5, 0.6) is 0 Å². The molecular weight excluding hydrogens is 346 g/mol. The molecule has 26 heavy (non-hydrogen) atoms. The van der Waals surface area contributed by atoms with E-state index in [1.807, 2.05) is 22.2 Å². The number of fused-ring (bicyclic) bond motifs is 3. The van der Waals surface area contributed by atoms with Crippen LogP contribution in [0.1, 0.15) is 28.8 Å². The number of ether oxygens (including phenoxy) is 1. The van der Waals surface area contributed by atoms with Crippen LogP contribution in [0.2, 0.25) is 0 Å². The highest BCUT2D eigenvalue weighted by atomic mass is 32.1. The van der Waals surface area contributed by atoms with E-state index >= 15 is 0 Å². The van der Waals surface area contributed by atoms with Crippen molar-refractivity contribution in [1.29, 1.82) is 0 Å². The van der Waals surface area contributed by atoms with Crippen molar-refractivity contribution in [3.8, 4) is 0 Å². The maximum atomic E-state index is 6.01. The zero-order chi connectivity index (χ0) is 17.5. The van der Waals surface area contributed by atoms with Gasteiger partial charge in [0, 0.05) is 24.2 Å². The Kier molecular flexibility index (Phi) is 4.13. The Morgan fingerprint density at radius 1 is 1.27 bits per heavy atom. The number of hydrogen-bond acceptors (Lipinski definition) is 6. The summed E-state index contributed by atoms with van der Waals surface area (Å²) in [6.07, 6.45) is 10.7. The Balaban J connectivity index is 1.44. The van der Waals surface area contributed by atoms with E-state index in [4.69, 9.17) is 9.72 Å². The van der Waals surface area contributed by atoms with Crippen LogP contribution in [0, 0.1) is 6.92 Å². The molecule has 4 heterocycles. The van der Waals surface area contributed by atoms with Crippen LogP contribution >= 0.6 is 11.3 Å². The van der Waals surface area contributed by atoms with E-state index in [-0.39, 0.29) is 6.10 Å². The van der Waals surface area contributed by atoms with Crippen LogP contribution in [-0.2, 0) is 24.1 Å². The van der Waals surface area contributed by atoms with E-state index in [0.29, 0.717) is 0 Å². The minimum atomic E-state index is 0.127. The normalized spacial score (nSPS) is 20.5. The first kappa shape index (κ1) is 16.2. The molecule has 5 rings (SSSR count). The molecule has 0 saturated carbocycles. The van der Waals surface area contributed by atoms with Gasteiger partial charge in [-0.3, -0.25) is 4.68 Å². The summed E-state index contributed by atoms with van der Waals surface area (Å²) < 4.78 is 7.98. The standard InChI is InChI=1S/C19H23N5OS/c1-13-8-22-24(9-13)11-14-10-23(6-7-25-14)18-17-15-4-2-3-5-16(15)26-19(17)21-12-20-18/h8-9,12,14H,2-7,10-11H2,1H3. The molecule has 3 aromatic heterocycles. The number of rotatable bonds is 3. The molecule has 1 fully saturated rings. The van der Waals surface area contributed by atoms with Gasteiger partial charge in [-0.2, -0.15) is 5.10 Å². The zero-order valence-corrected chi connectivity index (χ0v) is 15.8. The molecule has 0 aromatic carbocycles. The van der Waals surface area contributed by atoms with E-state index in [0.717, 1.165) is 43.3 Å². The molecule has 2 aliphatic rings. The van der Waals surface area contributed by atoms with Gasteiger partial charge in [0.15, 0.2) is 0 Å². The van der Waals surface area contributed by atoms with Crippen molar-refractivity contribution in [3.63, 3.8) is 0 Å². The summed E-state index contributed by atoms with van der Waals surface area (Å²) in [5.74, 6) is 1.10. The summed E-state index contributed by atoms with van der Waals surface area (Å²) in [7, 11) is 0. The monoisotopic (exact) mass is 369 g/mol. The van der Waals surface area contributed by atoms with Crippen LogP contribution in [0.15, 0.2) is 18.7 Å². The van der Waals surface area contributed by atoms with Crippen molar-refractivity contribution < 1.29 is 4.74 Å². The number of aromatic nitrogens is 4. The molecule has 0 amide bonds. The Labute approximate surface area is 156 Å². The highest BCUT2D eigenvalue weighted by Gasteiger charge is 2.27. The predicted molar refractivity (Wildman–Crippen MR) is 103 cm³/mol. The Morgan fingerprint density at radius 3 is 3.08 bits per heavy atom. The fourth-order valence-electron chi connectivity index (χ4n) is 4.11. The van der Waals surface area contributed by atoms with E-state index in [2.05, 4.69) is 28.1 Å². The van der Waals surface area contributed by atoms with Gasteiger partial charge in [-0.15, -0.1) is 11.3 Å². The minimum absolute atomic E-state index is 0.127. The van der Waals surface area contributed by atoms with E-state index in [9.17, 15) is 0 Å². The van der Waals surface area contributed by atoms with E-state index in [1.54, 1.807) is 6.33 Å². The number of nitrogens with zero attached hydrogens (tertiary/aromatic N) is 5. The highest BCUT2D eigenvalue weighted by Crippen LogP contribution is 2.39. The molecule has 0 bridgehead atoms. The Bertz CT molecular complexity index is 933. The summed E-state index contributed by atoms with van der Waals surface area (Å²) >= 11 is 1.86. The summed E-state index contributed by atoms with van der Waals surface area (Å²) in [4.78, 5) is 14.3. The van der Waals surface area contributed by atoms with Gasteiger partial charge in [-0.1, -0.05) is 0 Å². The van der Waals surface area contributed by atoms with Crippen molar-refractivity contribution in [1.82, 2.24) is 19.7 Å². The van der Waals surface area contributed by atoms with Crippen molar-refractivity contribution in [2.45, 2.75) is 45.3 Å². The van der Waals surface area contributed by atoms with Crippen molar-refractivity contribution in [3.05, 3.63) is 34.7 Å². The van der Waals surface area contributed by atoms with Gasteiger partial charge in [0.25, 0.3) is 0 Å². The Hall–Kier alpha value is -1.99. The van der Waals surface area contributed by atoms with Gasteiger partial charge < -0.3 is 9.64 Å². The van der Waals surface area contributed by atoms with Crippen LogP contribution < -0.4 is 4.90 Å². The number of anilines is 1. The van der Waals surface area contributed by atoms with Crippen molar-refractivity contribution in [2.75, 3.05) is 24.6 Å². The van der Waals surface area contributed by atoms with Crippen molar-refractivity contribution in [2.24, 2.45) is 0 Å². The minimum Gasteiger partial charge on any atom is -0.373 e. The van der Waals surface area contributed by atoms with Crippen molar-refractivity contribution >= 4 is 27.4 Å². The smallest absolute Gasteiger partial charge is 0.141 e. The molecule has 1 unspecified atom stereocenters. The quantitative estimate of drug-likeness (QED) is 0.710. The summed E-state index contributed by atoms with van der Waals surface area (Å²) in [6.45, 7) is 5.29. The summed E-state index contributed by atoms with van der Waals surface area (Å²) in [6, 6.07) is 0. The summed E-state index contributed by atoms with van der Waals surface area (Å²) in [5.41, 5.74) is 2.68. The average molecular weight is 369 g/mol. The fourth-order valence-corrected chi connectivity index (χ4v) is 5.33. The first-order chi connectivity index (χ1) is 12.8. The number of thiophene rings is 1. The van der Waals surface area contributed by atoms with Crippen LogP contribution in [0.4, 0.5) is 5.82 Å². The third-order valence-corrected chi connectivity index (χ3v) is 6.52. The van der Waals surface area contributed by atoms with Gasteiger partial charge in [-0.05, 0) is 43.7 Å². The second-order valence-electron chi connectivity index (χ2n) is 7.27. The molecular formula is C19H23N5OS. The van der Waals surface area contributed by atoms with Gasteiger partial charge in [0.05, 0.1) is 30.8 Å². The fraction of sp³-hybridized carbons (Fsp3) is 0.526. The maximum Gasteiger partial charge on any atom is 0.141 e. The van der Waals surface area contributed by atoms with E-state index < -0.39 is 0 Å². The lowest BCUT2D eigenvalue weighted by molar-refractivity contribution is 0.0272. The number of morpholine rings is 1. The second kappa shape index (κ2) is 6.63. The van der Waals surface area contributed by atoms with Gasteiger partial charge in [-0.25, -0.2) is 9.97 Å². The molecule has 1 aliphatic carbocycles. The number of aryl methyl sites for hydroxylation is 3. The molecule has 7 heteroatoms. The molecule has 0 spiro atoms. The summed E-state index contributed by atoms with van der Waals surface area (Å²) in [5, 5.41) is 5.70. The third-order valence-electron chi connectivity index (χ3n) is 5.32. The van der Waals surface area contributed by atoms with Gasteiger partial charge in [0.2, 0.25) is 0 Å². The topological polar surface area (TPSA) is 56.1 Å². The van der Waals surface area contributed by atoms with Gasteiger partial charge in [0.1, 0.15) is 17.0 Å². The van der Waals surface area contributed by atoms with Gasteiger partial charge >= 0.3 is 0 Å². The lowest BCUT2D eigenvalue weighted by Gasteiger charge is -2.34. The largest absolute Gasteiger partial charge is 0.373 e. The molecule has 0 N–H and O–H groups in total. The average Bonchev–Trinajstić information content (AvgIpc) is 3.24. The first-order valence-corrected chi connectivity index (χ1v) is 10.2. The lowest BCUT2D eigenvalue weighted by Crippen LogP contribution is -2.44. The predicted octanol–water partition coefficient (Wildman–Crippen LogP) is 2.98. The maximum absolute atomic E-state index is 6.01. The lowest BCUT2D eigenvalue weighted by atomic mass is 9.97. The molecule has 1 atom stereocenters. The molecule has 6 nitrogen and oxygen atoms in total. The third kappa shape index (κ3) is 2.89. The Morgan fingerprint density at radius 2 is 2.19 bits per heavy atom. The molecule has 1 saturated heterocycles. The zero-order valence-electron chi connectivity index (χ0n) is 15.0. The molecule has 0 radical (unpaired) electrons. The van der Waals surface area contributed by atoms with Crippen LogP contribution in [0.3, 0.4) is 0 Å². The SMILES string of the molecule is Cc1cnn(CC2CN(c3ncnc4sc5c(c34)CCCC5)CCO2)c1. The van der Waals surface area contributed by atoms with Crippen LogP contribution in [0.25, 0.3) is 10.2 Å². The molecule has 1 aliphatic heterocycles.